The summed E-state index contributed by atoms with van der Waals surface area (Å²) in [5.74, 6) is 1.64. The van der Waals surface area contributed by atoms with Gasteiger partial charge in [0.15, 0.2) is 0 Å². The van der Waals surface area contributed by atoms with Gasteiger partial charge in [0.25, 0.3) is 0 Å². The number of esters is 1. The first-order valence-corrected chi connectivity index (χ1v) is 17.7. The fraction of sp³-hybridized carbons (Fsp3) is 0.641. The van der Waals surface area contributed by atoms with E-state index in [1.807, 2.05) is 60.7 Å². The predicted molar refractivity (Wildman–Crippen MR) is 190 cm³/mol. The van der Waals surface area contributed by atoms with Crippen LogP contribution in [0.25, 0.3) is 11.1 Å². The molecule has 0 saturated heterocycles. The lowest BCUT2D eigenvalue weighted by Gasteiger charge is -2.36. The summed E-state index contributed by atoms with van der Waals surface area (Å²) in [5.41, 5.74) is 3.52. The minimum absolute atomic E-state index is 0.0141. The van der Waals surface area contributed by atoms with Gasteiger partial charge < -0.3 is 34.5 Å². The van der Waals surface area contributed by atoms with Gasteiger partial charge in [-0.15, -0.1) is 0 Å². The number of benzene rings is 2. The Kier molecular flexibility index (Phi) is 12.8. The van der Waals surface area contributed by atoms with Crippen molar-refractivity contribution in [2.75, 3.05) is 21.3 Å². The highest BCUT2D eigenvalue weighted by atomic mass is 16.6. The molecule has 9 nitrogen and oxygen atoms in total. The molecule has 9 heteroatoms. The van der Waals surface area contributed by atoms with E-state index in [1.54, 1.807) is 19.1 Å². The molecule has 0 atom stereocenters. The molecule has 0 unspecified atom stereocenters. The molecule has 0 heterocycles. The van der Waals surface area contributed by atoms with Crippen molar-refractivity contribution in [3.8, 4) is 22.6 Å². The first-order chi connectivity index (χ1) is 22.7. The van der Waals surface area contributed by atoms with Crippen LogP contribution in [0.4, 0.5) is 4.79 Å². The van der Waals surface area contributed by atoms with Gasteiger partial charge >= 0.3 is 12.1 Å². The summed E-state index contributed by atoms with van der Waals surface area (Å²) in [6.45, 7) is 12.9. The van der Waals surface area contributed by atoms with Crippen LogP contribution in [-0.2, 0) is 27.4 Å². The lowest BCUT2D eigenvalue weighted by molar-refractivity contribution is -0.161. The van der Waals surface area contributed by atoms with E-state index in [-0.39, 0.29) is 24.0 Å². The molecular formula is C39H59N3O6. The minimum atomic E-state index is -0.493. The first kappa shape index (κ1) is 37.5. The molecule has 1 amide bonds. The zero-order chi connectivity index (χ0) is 35.1. The summed E-state index contributed by atoms with van der Waals surface area (Å²) >= 11 is 0. The van der Waals surface area contributed by atoms with E-state index in [0.29, 0.717) is 25.2 Å². The molecule has 4 rings (SSSR count). The average Bonchev–Trinajstić information content (AvgIpc) is 3.04. The van der Waals surface area contributed by atoms with Crippen molar-refractivity contribution in [2.24, 2.45) is 5.92 Å². The van der Waals surface area contributed by atoms with Crippen LogP contribution < -0.4 is 20.1 Å². The molecule has 2 aliphatic carbocycles. The van der Waals surface area contributed by atoms with E-state index < -0.39 is 11.2 Å². The molecule has 48 heavy (non-hydrogen) atoms. The second kappa shape index (κ2) is 16.4. The molecule has 0 aliphatic heterocycles. The Morgan fingerprint density at radius 1 is 0.688 bits per heavy atom. The normalized spacial score (nSPS) is 21.7. The number of carbonyl (C=O) groups is 2. The molecule has 0 bridgehead atoms. The van der Waals surface area contributed by atoms with Gasteiger partial charge in [-0.3, -0.25) is 4.79 Å². The molecule has 2 fully saturated rings. The summed E-state index contributed by atoms with van der Waals surface area (Å²) in [6.07, 6.45) is 7.21. The number of rotatable bonds is 11. The summed E-state index contributed by atoms with van der Waals surface area (Å²) in [7, 11) is 5.28. The quantitative estimate of drug-likeness (QED) is 0.237. The van der Waals surface area contributed by atoms with Crippen molar-refractivity contribution in [1.29, 1.82) is 0 Å². The Hall–Kier alpha value is -3.30. The van der Waals surface area contributed by atoms with Gasteiger partial charge in [-0.1, -0.05) is 12.1 Å². The average molecular weight is 666 g/mol. The standard InChI is InChI=1S/C39H59N3O6/c1-38(2,3)47-36(43)26-10-14-31(15-11-26)40-24-29-22-27(12-20-34(29)45-8)28-13-21-35(46-9)30(23-28)25-41-32-16-18-33(19-17-32)42(7)37(44)48-39(4,5)6/h12-13,20-23,26,31-33,40-41H,10-11,14-19,24-25H2,1-9H3. The second-order valence-corrected chi connectivity index (χ2v) is 15.5. The van der Waals surface area contributed by atoms with Gasteiger partial charge in [-0.05, 0) is 128 Å². The molecular weight excluding hydrogens is 606 g/mol. The summed E-state index contributed by atoms with van der Waals surface area (Å²) in [4.78, 5) is 26.9. The number of nitrogens with one attached hydrogen (secondary N) is 2. The number of hydrogen-bond acceptors (Lipinski definition) is 8. The van der Waals surface area contributed by atoms with Crippen molar-refractivity contribution in [2.45, 2.75) is 135 Å². The molecule has 2 aliphatic rings. The maximum absolute atomic E-state index is 12.6. The number of methoxy groups -OCH3 is 2. The molecule has 2 saturated carbocycles. The number of ether oxygens (including phenoxy) is 4. The molecule has 0 aromatic heterocycles. The van der Waals surface area contributed by atoms with Crippen LogP contribution in [0, 0.1) is 5.92 Å². The number of amides is 1. The fourth-order valence-corrected chi connectivity index (χ4v) is 6.77. The highest BCUT2D eigenvalue weighted by Gasteiger charge is 2.31. The third kappa shape index (κ3) is 10.9. The first-order valence-electron chi connectivity index (χ1n) is 17.7. The fourth-order valence-electron chi connectivity index (χ4n) is 6.77. The number of hydrogen-bond donors (Lipinski definition) is 2. The molecule has 0 radical (unpaired) electrons. The summed E-state index contributed by atoms with van der Waals surface area (Å²) in [5, 5.41) is 7.47. The largest absolute Gasteiger partial charge is 0.496 e. The van der Waals surface area contributed by atoms with Crippen molar-refractivity contribution >= 4 is 12.1 Å². The monoisotopic (exact) mass is 665 g/mol. The van der Waals surface area contributed by atoms with Crippen LogP contribution in [0.2, 0.25) is 0 Å². The van der Waals surface area contributed by atoms with E-state index in [4.69, 9.17) is 18.9 Å². The van der Waals surface area contributed by atoms with Crippen LogP contribution in [0.1, 0.15) is 104 Å². The third-order valence-corrected chi connectivity index (χ3v) is 9.45. The summed E-state index contributed by atoms with van der Waals surface area (Å²) in [6, 6.07) is 13.6. The smallest absolute Gasteiger partial charge is 0.410 e. The lowest BCUT2D eigenvalue weighted by Crippen LogP contribution is -2.44. The number of nitrogens with zero attached hydrogens (tertiary/aromatic N) is 1. The van der Waals surface area contributed by atoms with Gasteiger partial charge in [0.1, 0.15) is 22.7 Å². The van der Waals surface area contributed by atoms with E-state index in [9.17, 15) is 9.59 Å². The van der Waals surface area contributed by atoms with Crippen LogP contribution >= 0.6 is 0 Å². The van der Waals surface area contributed by atoms with Crippen LogP contribution in [0.3, 0.4) is 0 Å². The zero-order valence-electron chi connectivity index (χ0n) is 30.7. The third-order valence-electron chi connectivity index (χ3n) is 9.45. The Labute approximate surface area is 288 Å². The van der Waals surface area contributed by atoms with Gasteiger partial charge in [0, 0.05) is 49.4 Å². The van der Waals surface area contributed by atoms with Crippen molar-refractivity contribution < 1.29 is 28.5 Å². The molecule has 2 aromatic rings. The minimum Gasteiger partial charge on any atom is -0.496 e. The predicted octanol–water partition coefficient (Wildman–Crippen LogP) is 7.63. The lowest BCUT2D eigenvalue weighted by atomic mass is 9.86. The Bertz CT molecular complexity index is 1360. The van der Waals surface area contributed by atoms with Gasteiger partial charge in [-0.25, -0.2) is 4.79 Å². The van der Waals surface area contributed by atoms with Crippen LogP contribution in [0.5, 0.6) is 11.5 Å². The van der Waals surface area contributed by atoms with Crippen LogP contribution in [-0.4, -0.2) is 67.6 Å². The Morgan fingerprint density at radius 3 is 1.54 bits per heavy atom. The maximum Gasteiger partial charge on any atom is 0.410 e. The highest BCUT2D eigenvalue weighted by molar-refractivity contribution is 5.73. The second-order valence-electron chi connectivity index (χ2n) is 15.5. The molecule has 2 N–H and O–H groups in total. The van der Waals surface area contributed by atoms with E-state index in [0.717, 1.165) is 85.1 Å². The van der Waals surface area contributed by atoms with E-state index in [1.165, 1.54) is 0 Å². The van der Waals surface area contributed by atoms with Crippen molar-refractivity contribution in [3.63, 3.8) is 0 Å². The van der Waals surface area contributed by atoms with E-state index >= 15 is 0 Å². The SMILES string of the molecule is COc1ccc(-c2ccc(OC)c(CNC3CCC(N(C)C(=O)OC(C)(C)C)CC3)c2)cc1CNC1CCC(C(=O)OC(C)(C)C)CC1. The Morgan fingerprint density at radius 2 is 1.12 bits per heavy atom. The van der Waals surface area contributed by atoms with Gasteiger partial charge in [0.2, 0.25) is 0 Å². The zero-order valence-corrected chi connectivity index (χ0v) is 30.7. The summed E-state index contributed by atoms with van der Waals surface area (Å²) < 4.78 is 22.7. The topological polar surface area (TPSA) is 98.4 Å². The highest BCUT2D eigenvalue weighted by Crippen LogP contribution is 2.32. The molecule has 266 valence electrons. The van der Waals surface area contributed by atoms with Gasteiger partial charge in [0.05, 0.1) is 20.1 Å². The maximum atomic E-state index is 12.6. The molecule has 2 aromatic carbocycles. The Balaban J connectivity index is 1.34. The number of carbonyl (C=O) groups excluding carboxylic acids is 2. The van der Waals surface area contributed by atoms with Crippen molar-refractivity contribution in [3.05, 3.63) is 47.5 Å². The van der Waals surface area contributed by atoms with Gasteiger partial charge in [-0.2, -0.15) is 0 Å². The van der Waals surface area contributed by atoms with Crippen molar-refractivity contribution in [1.82, 2.24) is 15.5 Å². The van der Waals surface area contributed by atoms with Crippen LogP contribution in [0.15, 0.2) is 36.4 Å². The van der Waals surface area contributed by atoms with E-state index in [2.05, 4.69) is 34.9 Å². The molecule has 0 spiro atoms.